The Morgan fingerprint density at radius 1 is 0.857 bits per heavy atom. The minimum absolute atomic E-state index is 0.304. The van der Waals surface area contributed by atoms with Gasteiger partial charge in [-0.3, -0.25) is 10.3 Å². The van der Waals surface area contributed by atoms with Gasteiger partial charge in [0, 0.05) is 29.8 Å². The molecule has 7 nitrogen and oxygen atoms in total. The number of benzene rings is 3. The minimum Gasteiger partial charge on any atom is -0.493 e. The van der Waals surface area contributed by atoms with Crippen LogP contribution in [0.5, 0.6) is 23.0 Å². The number of nitrogens with one attached hydrogen (secondary N) is 1. The molecule has 1 heterocycles. The van der Waals surface area contributed by atoms with Crippen molar-refractivity contribution < 1.29 is 23.7 Å². The number of rotatable bonds is 8. The quantitative estimate of drug-likeness (QED) is 0.317. The molecule has 3 aromatic carbocycles. The van der Waals surface area contributed by atoms with Gasteiger partial charge in [-0.15, -0.1) is 0 Å². The van der Waals surface area contributed by atoms with Crippen LogP contribution in [0, 0.1) is 13.8 Å². The summed E-state index contributed by atoms with van der Waals surface area (Å²) in [5.74, 6) is 2.51. The predicted molar refractivity (Wildman–Crippen MR) is 136 cm³/mol. The molecule has 0 unspecified atom stereocenters. The lowest BCUT2D eigenvalue weighted by molar-refractivity contribution is 0.163. The molecule has 0 saturated carbocycles. The molecule has 0 saturated heterocycles. The van der Waals surface area contributed by atoms with Gasteiger partial charge in [-0.1, -0.05) is 30.3 Å². The van der Waals surface area contributed by atoms with E-state index < -0.39 is 6.09 Å². The van der Waals surface area contributed by atoms with Crippen molar-refractivity contribution in [2.45, 2.75) is 20.3 Å². The number of fused-ring (bicyclic) bond motifs is 1. The second kappa shape index (κ2) is 10.8. The number of carbonyl (C=O) groups is 1. The summed E-state index contributed by atoms with van der Waals surface area (Å²) < 4.78 is 22.4. The fraction of sp³-hybridized carbons (Fsp3) is 0.214. The summed E-state index contributed by atoms with van der Waals surface area (Å²) in [5.41, 5.74) is 4.31. The van der Waals surface area contributed by atoms with E-state index in [0.717, 1.165) is 27.6 Å². The van der Waals surface area contributed by atoms with Gasteiger partial charge in [0.2, 0.25) is 0 Å². The Morgan fingerprint density at radius 3 is 2.34 bits per heavy atom. The van der Waals surface area contributed by atoms with Crippen molar-refractivity contribution >= 4 is 22.7 Å². The molecule has 1 aromatic heterocycles. The highest BCUT2D eigenvalue weighted by atomic mass is 16.5. The number of nitrogens with zero attached hydrogens (tertiary/aromatic N) is 1. The van der Waals surface area contributed by atoms with Crippen LogP contribution in [0.2, 0.25) is 0 Å². The summed E-state index contributed by atoms with van der Waals surface area (Å²) in [6.45, 7) is 4.18. The van der Waals surface area contributed by atoms with Crippen LogP contribution in [0.25, 0.3) is 10.9 Å². The van der Waals surface area contributed by atoms with Crippen molar-refractivity contribution in [3.8, 4) is 23.0 Å². The first-order valence-corrected chi connectivity index (χ1v) is 11.3. The predicted octanol–water partition coefficient (Wildman–Crippen LogP) is 6.45. The largest absolute Gasteiger partial charge is 0.493 e. The number of anilines is 1. The average Bonchev–Trinajstić information content (AvgIpc) is 2.88. The normalized spacial score (nSPS) is 10.6. The van der Waals surface area contributed by atoms with Gasteiger partial charge in [-0.25, -0.2) is 4.79 Å². The molecule has 0 aliphatic rings. The zero-order valence-electron chi connectivity index (χ0n) is 20.3. The summed E-state index contributed by atoms with van der Waals surface area (Å²) in [5, 5.41) is 3.63. The number of ether oxygens (including phenoxy) is 4. The van der Waals surface area contributed by atoms with Crippen LogP contribution < -0.4 is 19.5 Å². The van der Waals surface area contributed by atoms with E-state index in [-0.39, 0.29) is 0 Å². The third-order valence-electron chi connectivity index (χ3n) is 5.87. The lowest BCUT2D eigenvalue weighted by atomic mass is 10.1. The maximum absolute atomic E-state index is 12.3. The van der Waals surface area contributed by atoms with E-state index in [4.69, 9.17) is 18.9 Å². The van der Waals surface area contributed by atoms with E-state index in [9.17, 15) is 4.79 Å². The van der Waals surface area contributed by atoms with Gasteiger partial charge in [0.1, 0.15) is 11.5 Å². The van der Waals surface area contributed by atoms with E-state index in [1.54, 1.807) is 26.5 Å². The van der Waals surface area contributed by atoms with Gasteiger partial charge in [-0.05, 0) is 54.8 Å². The van der Waals surface area contributed by atoms with E-state index >= 15 is 0 Å². The van der Waals surface area contributed by atoms with Crippen LogP contribution in [0.4, 0.5) is 10.5 Å². The maximum atomic E-state index is 12.3. The van der Waals surface area contributed by atoms with Crippen LogP contribution in [0.3, 0.4) is 0 Å². The highest BCUT2D eigenvalue weighted by Gasteiger charge is 2.15. The molecule has 4 aromatic rings. The zero-order valence-corrected chi connectivity index (χ0v) is 20.3. The molecule has 180 valence electrons. The van der Waals surface area contributed by atoms with Gasteiger partial charge in [-0.2, -0.15) is 0 Å². The van der Waals surface area contributed by atoms with Crippen molar-refractivity contribution in [2.75, 3.05) is 26.1 Å². The van der Waals surface area contributed by atoms with Crippen LogP contribution in [0.15, 0.2) is 66.9 Å². The Labute approximate surface area is 204 Å². The standard InChI is InChI=1S/C28H28N2O5/c1-18-19(2)24(11-10-22(18)30-28(31)34-15-13-20-8-6-5-7-9-20)35-25-12-14-29-23-17-27(33-4)26(32-3)16-21(23)25/h5-12,14,16-17H,13,15H2,1-4H3,(H,30,31). The molecule has 0 fully saturated rings. The number of hydrogen-bond donors (Lipinski definition) is 1. The molecule has 4 rings (SSSR count). The van der Waals surface area contributed by atoms with Crippen molar-refractivity contribution in [1.82, 2.24) is 4.98 Å². The van der Waals surface area contributed by atoms with Gasteiger partial charge in [0.25, 0.3) is 0 Å². The second-order valence-corrected chi connectivity index (χ2v) is 7.99. The molecule has 0 aliphatic carbocycles. The summed E-state index contributed by atoms with van der Waals surface area (Å²) in [6.07, 6.45) is 1.86. The van der Waals surface area contributed by atoms with Crippen molar-refractivity contribution in [1.29, 1.82) is 0 Å². The first-order chi connectivity index (χ1) is 17.0. The Morgan fingerprint density at radius 2 is 1.60 bits per heavy atom. The smallest absolute Gasteiger partial charge is 0.411 e. The van der Waals surface area contributed by atoms with E-state index in [1.165, 1.54) is 0 Å². The molecule has 1 N–H and O–H groups in total. The van der Waals surface area contributed by atoms with Crippen molar-refractivity contribution in [2.24, 2.45) is 0 Å². The first kappa shape index (κ1) is 23.9. The molecule has 7 heteroatoms. The van der Waals surface area contributed by atoms with E-state index in [1.807, 2.05) is 68.4 Å². The van der Waals surface area contributed by atoms with Crippen LogP contribution in [0.1, 0.15) is 16.7 Å². The monoisotopic (exact) mass is 472 g/mol. The Kier molecular flexibility index (Phi) is 7.35. The number of hydrogen-bond acceptors (Lipinski definition) is 6. The minimum atomic E-state index is -0.488. The zero-order chi connectivity index (χ0) is 24.8. The van der Waals surface area contributed by atoms with E-state index in [0.29, 0.717) is 41.7 Å². The van der Waals surface area contributed by atoms with Crippen molar-refractivity contribution in [3.63, 3.8) is 0 Å². The molecule has 0 bridgehead atoms. The Hall–Kier alpha value is -4.26. The number of methoxy groups -OCH3 is 2. The molecule has 0 spiro atoms. The summed E-state index contributed by atoms with van der Waals surface area (Å²) in [4.78, 5) is 16.7. The lowest BCUT2D eigenvalue weighted by Gasteiger charge is -2.16. The second-order valence-electron chi connectivity index (χ2n) is 7.99. The van der Waals surface area contributed by atoms with Gasteiger partial charge < -0.3 is 18.9 Å². The first-order valence-electron chi connectivity index (χ1n) is 11.3. The van der Waals surface area contributed by atoms with Gasteiger partial charge in [0.15, 0.2) is 11.5 Å². The lowest BCUT2D eigenvalue weighted by Crippen LogP contribution is -2.16. The topological polar surface area (TPSA) is 78.9 Å². The summed E-state index contributed by atoms with van der Waals surface area (Å²) in [7, 11) is 3.18. The summed E-state index contributed by atoms with van der Waals surface area (Å²) in [6, 6.07) is 19.0. The molecular weight excluding hydrogens is 444 g/mol. The molecule has 0 aliphatic heterocycles. The number of aromatic nitrogens is 1. The maximum Gasteiger partial charge on any atom is 0.411 e. The SMILES string of the molecule is COc1cc2nccc(Oc3ccc(NC(=O)OCCc4ccccc4)c(C)c3C)c2cc1OC. The molecule has 0 atom stereocenters. The number of pyridine rings is 1. The van der Waals surface area contributed by atoms with Crippen molar-refractivity contribution in [3.05, 3.63) is 83.6 Å². The average molecular weight is 473 g/mol. The fourth-order valence-electron chi connectivity index (χ4n) is 3.75. The van der Waals surface area contributed by atoms with Gasteiger partial charge in [0.05, 0.1) is 26.3 Å². The van der Waals surface area contributed by atoms with Crippen LogP contribution >= 0.6 is 0 Å². The van der Waals surface area contributed by atoms with Gasteiger partial charge >= 0.3 is 6.09 Å². The highest BCUT2D eigenvalue weighted by Crippen LogP contribution is 2.38. The van der Waals surface area contributed by atoms with Crippen LogP contribution in [-0.2, 0) is 11.2 Å². The van der Waals surface area contributed by atoms with E-state index in [2.05, 4.69) is 10.3 Å². The third kappa shape index (κ3) is 5.46. The molecular formula is C28H28N2O5. The number of carbonyl (C=O) groups excluding carboxylic acids is 1. The molecule has 35 heavy (non-hydrogen) atoms. The molecule has 1 amide bonds. The summed E-state index contributed by atoms with van der Waals surface area (Å²) >= 11 is 0. The molecule has 0 radical (unpaired) electrons. The van der Waals surface area contributed by atoms with Crippen LogP contribution in [-0.4, -0.2) is 31.9 Å². The third-order valence-corrected chi connectivity index (χ3v) is 5.87. The Balaban J connectivity index is 1.48. The fourth-order valence-corrected chi connectivity index (χ4v) is 3.75. The number of amides is 1. The Bertz CT molecular complexity index is 1340. The highest BCUT2D eigenvalue weighted by molar-refractivity contribution is 5.89.